The van der Waals surface area contributed by atoms with Crippen molar-refractivity contribution in [2.45, 2.75) is 31.6 Å². The summed E-state index contributed by atoms with van der Waals surface area (Å²) in [5, 5.41) is 0. The molecule has 2 fully saturated rings. The van der Waals surface area contributed by atoms with Crippen molar-refractivity contribution in [1.82, 2.24) is 9.80 Å². The maximum Gasteiger partial charge on any atom is 0.416 e. The predicted octanol–water partition coefficient (Wildman–Crippen LogP) is 3.96. The van der Waals surface area contributed by atoms with Crippen molar-refractivity contribution in [2.24, 2.45) is 0 Å². The van der Waals surface area contributed by atoms with Gasteiger partial charge in [0.2, 0.25) is 0 Å². The van der Waals surface area contributed by atoms with Crippen LogP contribution in [0.3, 0.4) is 0 Å². The molecule has 1 aliphatic carbocycles. The van der Waals surface area contributed by atoms with Gasteiger partial charge in [-0.15, -0.1) is 0 Å². The van der Waals surface area contributed by atoms with E-state index >= 15 is 0 Å². The molecule has 0 aromatic heterocycles. The first-order valence-electron chi connectivity index (χ1n) is 7.25. The zero-order valence-corrected chi connectivity index (χ0v) is 13.6. The molecule has 1 aromatic carbocycles. The van der Waals surface area contributed by atoms with Crippen LogP contribution in [0, 0.1) is 0 Å². The summed E-state index contributed by atoms with van der Waals surface area (Å²) in [5.74, 6) is 1.03. The van der Waals surface area contributed by atoms with E-state index < -0.39 is 11.7 Å². The van der Waals surface area contributed by atoms with E-state index in [4.69, 9.17) is 12.2 Å². The standard InChI is InChI=1S/C15H17F3N2S2/c16-15(17,18)12-3-1-11(2-4-12)9-20(13-5-6-13)10-19-7-8-22-14(19)21/h1-4,13H,5-10H2. The summed E-state index contributed by atoms with van der Waals surface area (Å²) in [5.41, 5.74) is 0.323. The van der Waals surface area contributed by atoms with Crippen molar-refractivity contribution in [3.8, 4) is 0 Å². The van der Waals surface area contributed by atoms with Crippen LogP contribution in [0.2, 0.25) is 0 Å². The van der Waals surface area contributed by atoms with E-state index in [2.05, 4.69) is 9.80 Å². The average Bonchev–Trinajstić information content (AvgIpc) is 3.23. The third-order valence-electron chi connectivity index (χ3n) is 3.93. The molecular weight excluding hydrogens is 329 g/mol. The summed E-state index contributed by atoms with van der Waals surface area (Å²) in [4.78, 5) is 4.50. The first-order valence-corrected chi connectivity index (χ1v) is 8.65. The molecule has 2 aliphatic rings. The Bertz CT molecular complexity index is 541. The molecule has 1 saturated heterocycles. The molecular formula is C15H17F3N2S2. The fourth-order valence-electron chi connectivity index (χ4n) is 2.54. The van der Waals surface area contributed by atoms with E-state index in [0.29, 0.717) is 12.6 Å². The molecule has 7 heteroatoms. The van der Waals surface area contributed by atoms with Crippen LogP contribution in [-0.4, -0.2) is 39.1 Å². The topological polar surface area (TPSA) is 6.48 Å². The summed E-state index contributed by atoms with van der Waals surface area (Å²) < 4.78 is 38.7. The molecule has 0 radical (unpaired) electrons. The van der Waals surface area contributed by atoms with Gasteiger partial charge in [0.1, 0.15) is 4.32 Å². The lowest BCUT2D eigenvalue weighted by atomic mass is 10.1. The molecule has 1 aliphatic heterocycles. The van der Waals surface area contributed by atoms with Gasteiger partial charge >= 0.3 is 6.18 Å². The van der Waals surface area contributed by atoms with E-state index in [9.17, 15) is 13.2 Å². The zero-order chi connectivity index (χ0) is 15.7. The molecule has 0 amide bonds. The highest BCUT2D eigenvalue weighted by atomic mass is 32.2. The molecule has 1 aromatic rings. The van der Waals surface area contributed by atoms with Crippen LogP contribution in [0.5, 0.6) is 0 Å². The maximum absolute atomic E-state index is 12.6. The van der Waals surface area contributed by atoms with Gasteiger partial charge in [-0.1, -0.05) is 36.1 Å². The quantitative estimate of drug-likeness (QED) is 0.744. The van der Waals surface area contributed by atoms with E-state index in [-0.39, 0.29) is 0 Å². The number of hydrogen-bond acceptors (Lipinski definition) is 3. The second-order valence-electron chi connectivity index (χ2n) is 5.69. The summed E-state index contributed by atoms with van der Waals surface area (Å²) in [7, 11) is 0. The van der Waals surface area contributed by atoms with Crippen LogP contribution < -0.4 is 0 Å². The van der Waals surface area contributed by atoms with E-state index in [1.807, 2.05) is 0 Å². The van der Waals surface area contributed by atoms with Crippen molar-refractivity contribution < 1.29 is 13.2 Å². The Balaban J connectivity index is 1.65. The molecule has 1 saturated carbocycles. The van der Waals surface area contributed by atoms with Crippen LogP contribution in [0.4, 0.5) is 13.2 Å². The van der Waals surface area contributed by atoms with Crippen LogP contribution >= 0.6 is 24.0 Å². The third kappa shape index (κ3) is 3.94. The Hall–Kier alpha value is -0.790. The number of benzene rings is 1. The third-order valence-corrected chi connectivity index (χ3v) is 5.43. The largest absolute Gasteiger partial charge is 0.416 e. The summed E-state index contributed by atoms with van der Waals surface area (Å²) in [6.07, 6.45) is -1.95. The molecule has 3 rings (SSSR count). The average molecular weight is 346 g/mol. The maximum atomic E-state index is 12.6. The molecule has 0 N–H and O–H groups in total. The Kier molecular flexibility index (Phi) is 4.66. The van der Waals surface area contributed by atoms with E-state index in [0.717, 1.165) is 53.8 Å². The van der Waals surface area contributed by atoms with Crippen molar-refractivity contribution in [2.75, 3.05) is 19.0 Å². The highest BCUT2D eigenvalue weighted by Gasteiger charge is 2.32. The molecule has 120 valence electrons. The minimum absolute atomic E-state index is 0.538. The van der Waals surface area contributed by atoms with Gasteiger partial charge in [-0.05, 0) is 30.5 Å². The minimum Gasteiger partial charge on any atom is -0.344 e. The number of halogens is 3. The van der Waals surface area contributed by atoms with Gasteiger partial charge in [-0.3, -0.25) is 4.90 Å². The predicted molar refractivity (Wildman–Crippen MR) is 86.6 cm³/mol. The number of nitrogens with zero attached hydrogens (tertiary/aromatic N) is 2. The zero-order valence-electron chi connectivity index (χ0n) is 12.0. The first-order chi connectivity index (χ1) is 10.4. The molecule has 0 unspecified atom stereocenters. The second kappa shape index (κ2) is 6.37. The van der Waals surface area contributed by atoms with Crippen LogP contribution in [0.15, 0.2) is 24.3 Å². The SMILES string of the molecule is FC(F)(F)c1ccc(CN(CN2CCSC2=S)C2CC2)cc1. The smallest absolute Gasteiger partial charge is 0.344 e. The fraction of sp³-hybridized carbons (Fsp3) is 0.533. The van der Waals surface area contributed by atoms with Crippen molar-refractivity contribution in [3.63, 3.8) is 0 Å². The van der Waals surface area contributed by atoms with Crippen molar-refractivity contribution in [3.05, 3.63) is 35.4 Å². The number of rotatable bonds is 5. The Morgan fingerprint density at radius 3 is 2.41 bits per heavy atom. The normalized spacial score (nSPS) is 19.3. The molecule has 0 spiro atoms. The van der Waals surface area contributed by atoms with Gasteiger partial charge in [0.05, 0.1) is 12.2 Å². The van der Waals surface area contributed by atoms with Gasteiger partial charge < -0.3 is 4.90 Å². The molecule has 0 atom stereocenters. The van der Waals surface area contributed by atoms with Gasteiger partial charge in [0.15, 0.2) is 0 Å². The lowest BCUT2D eigenvalue weighted by Gasteiger charge is -2.28. The molecule has 1 heterocycles. The minimum atomic E-state index is -4.27. The number of thioether (sulfide) groups is 1. The molecule has 22 heavy (non-hydrogen) atoms. The second-order valence-corrected chi connectivity index (χ2v) is 7.42. The van der Waals surface area contributed by atoms with Gasteiger partial charge in [0, 0.05) is 24.9 Å². The van der Waals surface area contributed by atoms with Crippen LogP contribution in [0.1, 0.15) is 24.0 Å². The van der Waals surface area contributed by atoms with Crippen molar-refractivity contribution >= 4 is 28.3 Å². The summed E-state index contributed by atoms with van der Waals surface area (Å²) in [6, 6.07) is 6.02. The Morgan fingerprint density at radius 1 is 1.23 bits per heavy atom. The van der Waals surface area contributed by atoms with Gasteiger partial charge in [0.25, 0.3) is 0 Å². The Labute approximate surface area is 137 Å². The van der Waals surface area contributed by atoms with Crippen molar-refractivity contribution in [1.29, 1.82) is 0 Å². The highest BCUT2D eigenvalue weighted by molar-refractivity contribution is 8.23. The van der Waals surface area contributed by atoms with Crippen LogP contribution in [-0.2, 0) is 12.7 Å². The lowest BCUT2D eigenvalue weighted by Crippen LogP contribution is -2.38. The molecule has 0 bridgehead atoms. The molecule has 2 nitrogen and oxygen atoms in total. The summed E-state index contributed by atoms with van der Waals surface area (Å²) in [6.45, 7) is 2.41. The van der Waals surface area contributed by atoms with E-state index in [1.165, 1.54) is 0 Å². The monoisotopic (exact) mass is 346 g/mol. The number of alkyl halides is 3. The van der Waals surface area contributed by atoms with E-state index in [1.54, 1.807) is 23.9 Å². The van der Waals surface area contributed by atoms with Gasteiger partial charge in [-0.25, -0.2) is 0 Å². The lowest BCUT2D eigenvalue weighted by molar-refractivity contribution is -0.137. The van der Waals surface area contributed by atoms with Crippen LogP contribution in [0.25, 0.3) is 0 Å². The fourth-order valence-corrected chi connectivity index (χ4v) is 3.76. The highest BCUT2D eigenvalue weighted by Crippen LogP contribution is 2.32. The number of hydrogen-bond donors (Lipinski definition) is 0. The summed E-state index contributed by atoms with van der Waals surface area (Å²) >= 11 is 7.02. The number of thiocarbonyl (C=S) groups is 1. The first kappa shape index (κ1) is 16.1. The van der Waals surface area contributed by atoms with Gasteiger partial charge in [-0.2, -0.15) is 13.2 Å². The Morgan fingerprint density at radius 2 is 1.91 bits per heavy atom.